The fourth-order valence-electron chi connectivity index (χ4n) is 4.08. The molecular formula is C25H34N2O3S. The number of nitrogens with zero attached hydrogens (tertiary/aromatic N) is 2. The van der Waals surface area contributed by atoms with Crippen LogP contribution in [0.15, 0.2) is 48.4 Å². The molecule has 1 aliphatic heterocycles. The molecule has 0 unspecified atom stereocenters. The second-order valence-corrected chi connectivity index (χ2v) is 9.20. The van der Waals surface area contributed by atoms with Gasteiger partial charge in [-0.25, -0.2) is 0 Å². The lowest BCUT2D eigenvalue weighted by atomic mass is 10.0. The van der Waals surface area contributed by atoms with Crippen LogP contribution in [0.1, 0.15) is 41.8 Å². The highest BCUT2D eigenvalue weighted by Gasteiger charge is 2.33. The van der Waals surface area contributed by atoms with Crippen LogP contribution in [0.4, 0.5) is 0 Å². The summed E-state index contributed by atoms with van der Waals surface area (Å²) in [5.74, 6) is 0.885. The van der Waals surface area contributed by atoms with Gasteiger partial charge in [0, 0.05) is 24.5 Å². The van der Waals surface area contributed by atoms with Gasteiger partial charge in [0.25, 0.3) is 0 Å². The number of hydrogen-bond acceptors (Lipinski definition) is 5. The van der Waals surface area contributed by atoms with Gasteiger partial charge >= 0.3 is 0 Å². The first-order chi connectivity index (χ1) is 15.0. The quantitative estimate of drug-likeness (QED) is 0.530. The fourth-order valence-corrected chi connectivity index (χ4v) is 5.00. The van der Waals surface area contributed by atoms with Gasteiger partial charge in [-0.05, 0) is 48.9 Å². The Morgan fingerprint density at radius 3 is 2.87 bits per heavy atom. The van der Waals surface area contributed by atoms with Crippen LogP contribution in [-0.2, 0) is 11.2 Å². The third-order valence-corrected chi connectivity index (χ3v) is 6.68. The second-order valence-electron chi connectivity index (χ2n) is 8.20. The summed E-state index contributed by atoms with van der Waals surface area (Å²) in [6.07, 6.45) is 3.89. The van der Waals surface area contributed by atoms with E-state index in [4.69, 9.17) is 4.74 Å². The van der Waals surface area contributed by atoms with E-state index in [1.807, 2.05) is 34.1 Å². The first-order valence-corrected chi connectivity index (χ1v) is 12.0. The molecule has 0 spiro atoms. The minimum absolute atomic E-state index is 0.0694. The number of aliphatic hydroxyl groups is 1. The number of benzene rings is 1. The Hall–Kier alpha value is -2.15. The first kappa shape index (κ1) is 23.5. The molecule has 0 fully saturated rings. The molecule has 3 rings (SSSR count). The van der Waals surface area contributed by atoms with Crippen molar-refractivity contribution in [2.75, 3.05) is 32.8 Å². The van der Waals surface area contributed by atoms with E-state index in [0.717, 1.165) is 25.0 Å². The lowest BCUT2D eigenvalue weighted by Crippen LogP contribution is -2.47. The largest absolute Gasteiger partial charge is 0.491 e. The summed E-state index contributed by atoms with van der Waals surface area (Å²) in [6.45, 7) is 10.4. The zero-order valence-electron chi connectivity index (χ0n) is 18.6. The molecule has 0 aliphatic carbocycles. The molecule has 168 valence electrons. The van der Waals surface area contributed by atoms with E-state index in [-0.39, 0.29) is 18.5 Å². The number of amides is 1. The van der Waals surface area contributed by atoms with Gasteiger partial charge in [-0.15, -0.1) is 17.9 Å². The van der Waals surface area contributed by atoms with Gasteiger partial charge in [-0.1, -0.05) is 37.1 Å². The maximum absolute atomic E-state index is 13.3. The number of thiophene rings is 1. The van der Waals surface area contributed by atoms with Crippen LogP contribution in [0.3, 0.4) is 0 Å². The predicted octanol–water partition coefficient (Wildman–Crippen LogP) is 4.21. The van der Waals surface area contributed by atoms with Crippen LogP contribution in [0.5, 0.6) is 5.75 Å². The highest BCUT2D eigenvalue weighted by Crippen LogP contribution is 2.34. The molecule has 2 heterocycles. The van der Waals surface area contributed by atoms with Crippen LogP contribution in [-0.4, -0.2) is 59.7 Å². The van der Waals surface area contributed by atoms with Crippen molar-refractivity contribution in [3.63, 3.8) is 0 Å². The van der Waals surface area contributed by atoms with Crippen molar-refractivity contribution in [3.05, 3.63) is 64.4 Å². The molecule has 2 aromatic rings. The van der Waals surface area contributed by atoms with E-state index in [2.05, 4.69) is 31.9 Å². The van der Waals surface area contributed by atoms with Gasteiger partial charge in [-0.3, -0.25) is 9.69 Å². The van der Waals surface area contributed by atoms with Gasteiger partial charge in [0.2, 0.25) is 5.91 Å². The number of carbonyl (C=O) groups is 1. The maximum atomic E-state index is 13.3. The molecule has 6 heteroatoms. The minimum Gasteiger partial charge on any atom is -0.491 e. The Morgan fingerprint density at radius 2 is 2.16 bits per heavy atom. The van der Waals surface area contributed by atoms with Gasteiger partial charge in [0.15, 0.2) is 0 Å². The van der Waals surface area contributed by atoms with Crippen LogP contribution in [0.2, 0.25) is 0 Å². The van der Waals surface area contributed by atoms with Gasteiger partial charge in [0.1, 0.15) is 12.4 Å². The zero-order valence-corrected chi connectivity index (χ0v) is 19.4. The molecular weight excluding hydrogens is 408 g/mol. The van der Waals surface area contributed by atoms with Crippen LogP contribution >= 0.6 is 11.3 Å². The van der Waals surface area contributed by atoms with Gasteiger partial charge < -0.3 is 14.7 Å². The lowest BCUT2D eigenvalue weighted by Gasteiger charge is -2.37. The van der Waals surface area contributed by atoms with E-state index in [0.29, 0.717) is 26.2 Å². The SMILES string of the molecule is C=CCN(CC(=O)N1CCc2sccc2[C@H]1COc1ccc(C)cc1)C[C@H](O)CCC. The summed E-state index contributed by atoms with van der Waals surface area (Å²) in [5, 5.41) is 12.3. The van der Waals surface area contributed by atoms with E-state index in [1.54, 1.807) is 17.4 Å². The van der Waals surface area contributed by atoms with E-state index >= 15 is 0 Å². The summed E-state index contributed by atoms with van der Waals surface area (Å²) in [5.41, 5.74) is 2.38. The molecule has 0 bridgehead atoms. The van der Waals surface area contributed by atoms with Crippen molar-refractivity contribution < 1.29 is 14.6 Å². The molecule has 1 aromatic carbocycles. The fraction of sp³-hybridized carbons (Fsp3) is 0.480. The third-order valence-electron chi connectivity index (χ3n) is 5.68. The lowest BCUT2D eigenvalue weighted by molar-refractivity contribution is -0.136. The summed E-state index contributed by atoms with van der Waals surface area (Å²) < 4.78 is 6.10. The molecule has 5 nitrogen and oxygen atoms in total. The first-order valence-electron chi connectivity index (χ1n) is 11.1. The number of ether oxygens (including phenoxy) is 1. The van der Waals surface area contributed by atoms with E-state index in [9.17, 15) is 9.90 Å². The third kappa shape index (κ3) is 6.42. The summed E-state index contributed by atoms with van der Waals surface area (Å²) in [6, 6.07) is 10.0. The monoisotopic (exact) mass is 442 g/mol. The van der Waals surface area contributed by atoms with Crippen molar-refractivity contribution in [2.24, 2.45) is 0 Å². The number of hydrogen-bond donors (Lipinski definition) is 1. The Morgan fingerprint density at radius 1 is 1.39 bits per heavy atom. The molecule has 0 saturated heterocycles. The Labute approximate surface area is 189 Å². The van der Waals surface area contributed by atoms with Gasteiger partial charge in [-0.2, -0.15) is 0 Å². The second kappa shape index (κ2) is 11.5. The van der Waals surface area contributed by atoms with E-state index < -0.39 is 6.10 Å². The Kier molecular flexibility index (Phi) is 8.69. The molecule has 1 amide bonds. The minimum atomic E-state index is -0.428. The topological polar surface area (TPSA) is 53.0 Å². The zero-order chi connectivity index (χ0) is 22.2. The number of aliphatic hydroxyl groups excluding tert-OH is 1. The number of carbonyl (C=O) groups excluding carboxylic acids is 1. The van der Waals surface area contributed by atoms with Crippen LogP contribution in [0.25, 0.3) is 0 Å². The highest BCUT2D eigenvalue weighted by atomic mass is 32.1. The Balaban J connectivity index is 1.71. The molecule has 2 atom stereocenters. The normalized spacial score (nSPS) is 16.8. The standard InChI is InChI=1S/C25H34N2O3S/c1-4-6-20(28)16-26(13-5-2)17-25(29)27-14-11-24-22(12-15-31-24)23(27)18-30-21-9-7-19(3)8-10-21/h5,7-10,12,15,20,23,28H,2,4,6,11,13-14,16-18H2,1,3H3/t20-,23-/m1/s1. The number of fused-ring (bicyclic) bond motifs is 1. The molecule has 31 heavy (non-hydrogen) atoms. The average molecular weight is 443 g/mol. The average Bonchev–Trinajstić information content (AvgIpc) is 3.22. The summed E-state index contributed by atoms with van der Waals surface area (Å²) in [7, 11) is 0. The van der Waals surface area contributed by atoms with Crippen molar-refractivity contribution in [1.82, 2.24) is 9.80 Å². The molecule has 1 aromatic heterocycles. The van der Waals surface area contributed by atoms with Crippen molar-refractivity contribution >= 4 is 17.2 Å². The summed E-state index contributed by atoms with van der Waals surface area (Å²) in [4.78, 5) is 18.6. The molecule has 1 N–H and O–H groups in total. The van der Waals surface area contributed by atoms with Crippen molar-refractivity contribution in [3.8, 4) is 5.75 Å². The maximum Gasteiger partial charge on any atom is 0.237 e. The van der Waals surface area contributed by atoms with Crippen LogP contribution in [0, 0.1) is 6.92 Å². The molecule has 0 radical (unpaired) electrons. The Bertz CT molecular complexity index is 849. The van der Waals surface area contributed by atoms with Gasteiger partial charge in [0.05, 0.1) is 18.7 Å². The van der Waals surface area contributed by atoms with E-state index in [1.165, 1.54) is 16.0 Å². The number of aryl methyl sites for hydroxylation is 1. The van der Waals surface area contributed by atoms with Crippen LogP contribution < -0.4 is 4.74 Å². The summed E-state index contributed by atoms with van der Waals surface area (Å²) >= 11 is 1.75. The van der Waals surface area contributed by atoms with Crippen molar-refractivity contribution in [2.45, 2.75) is 45.3 Å². The molecule has 1 aliphatic rings. The molecule has 0 saturated carbocycles. The smallest absolute Gasteiger partial charge is 0.237 e. The predicted molar refractivity (Wildman–Crippen MR) is 127 cm³/mol. The number of rotatable bonds is 11. The highest BCUT2D eigenvalue weighted by molar-refractivity contribution is 7.10. The van der Waals surface area contributed by atoms with Crippen molar-refractivity contribution in [1.29, 1.82) is 0 Å².